The average Bonchev–Trinajstić information content (AvgIpc) is 2.26. The van der Waals surface area contributed by atoms with E-state index in [9.17, 15) is 4.79 Å². The van der Waals surface area contributed by atoms with Gasteiger partial charge in [0.15, 0.2) is 0 Å². The molecule has 1 rings (SSSR count). The smallest absolute Gasteiger partial charge is 0.236 e. The molecule has 0 aliphatic rings. The van der Waals surface area contributed by atoms with E-state index in [1.165, 1.54) is 0 Å². The van der Waals surface area contributed by atoms with E-state index in [2.05, 4.69) is 5.32 Å². The first kappa shape index (κ1) is 13.4. The van der Waals surface area contributed by atoms with Crippen LogP contribution in [0, 0.1) is 0 Å². The van der Waals surface area contributed by atoms with Gasteiger partial charge in [0, 0.05) is 22.2 Å². The zero-order chi connectivity index (χ0) is 12.0. The molecule has 0 spiro atoms. The summed E-state index contributed by atoms with van der Waals surface area (Å²) >= 11 is 7.44. The third-order valence-electron chi connectivity index (χ3n) is 1.90. The first-order valence-electron chi connectivity index (χ1n) is 5.01. The summed E-state index contributed by atoms with van der Waals surface area (Å²) in [5, 5.41) is 3.48. The molecular weight excluding hydrogens is 244 g/mol. The zero-order valence-corrected chi connectivity index (χ0v) is 10.6. The van der Waals surface area contributed by atoms with Crippen molar-refractivity contribution >= 4 is 29.3 Å². The molecule has 1 aromatic carbocycles. The van der Waals surface area contributed by atoms with Crippen LogP contribution < -0.4 is 11.1 Å². The topological polar surface area (TPSA) is 55.1 Å². The van der Waals surface area contributed by atoms with Gasteiger partial charge >= 0.3 is 0 Å². The van der Waals surface area contributed by atoms with Crippen LogP contribution in [0.5, 0.6) is 0 Å². The molecule has 0 unspecified atom stereocenters. The maximum absolute atomic E-state index is 11.1. The van der Waals surface area contributed by atoms with Crippen molar-refractivity contribution < 1.29 is 4.79 Å². The van der Waals surface area contributed by atoms with Crippen LogP contribution >= 0.6 is 23.4 Å². The molecule has 0 aliphatic carbocycles. The molecular formula is C11H15ClN2OS. The monoisotopic (exact) mass is 258 g/mol. The number of amides is 1. The second kappa shape index (κ2) is 6.78. The van der Waals surface area contributed by atoms with Gasteiger partial charge in [-0.15, -0.1) is 11.8 Å². The number of halogens is 1. The number of hydrogen-bond acceptors (Lipinski definition) is 3. The molecule has 3 nitrogen and oxygen atoms in total. The maximum Gasteiger partial charge on any atom is 0.236 e. The van der Waals surface area contributed by atoms with E-state index in [4.69, 9.17) is 17.3 Å². The minimum atomic E-state index is -0.444. The summed E-state index contributed by atoms with van der Waals surface area (Å²) in [6.07, 6.45) is 0. The number of nitrogens with one attached hydrogen (secondary N) is 1. The van der Waals surface area contributed by atoms with Crippen LogP contribution in [-0.2, 0) is 4.79 Å². The van der Waals surface area contributed by atoms with Gasteiger partial charge in [-0.25, -0.2) is 0 Å². The number of hydrogen-bond donors (Lipinski definition) is 2. The second-order valence-electron chi connectivity index (χ2n) is 3.38. The molecule has 88 valence electrons. The first-order chi connectivity index (χ1) is 7.59. The van der Waals surface area contributed by atoms with Crippen molar-refractivity contribution in [1.82, 2.24) is 5.32 Å². The van der Waals surface area contributed by atoms with Crippen molar-refractivity contribution in [1.29, 1.82) is 0 Å². The molecule has 16 heavy (non-hydrogen) atoms. The van der Waals surface area contributed by atoms with E-state index in [0.717, 1.165) is 15.7 Å². The number of thioether (sulfide) groups is 1. The molecule has 0 saturated heterocycles. The summed E-state index contributed by atoms with van der Waals surface area (Å²) in [5.41, 5.74) is 5.41. The predicted octanol–water partition coefficient (Wildman–Crippen LogP) is 1.90. The SMILES string of the molecule is C[C@H](N)C(=O)NCCSc1ccc(Cl)cc1. The predicted molar refractivity (Wildman–Crippen MR) is 68.8 cm³/mol. The highest BCUT2D eigenvalue weighted by Gasteiger charge is 2.05. The molecule has 1 amide bonds. The molecule has 0 radical (unpaired) electrons. The lowest BCUT2D eigenvalue weighted by Gasteiger charge is -2.07. The van der Waals surface area contributed by atoms with Crippen molar-refractivity contribution in [2.45, 2.75) is 17.9 Å². The minimum absolute atomic E-state index is 0.114. The normalized spacial score (nSPS) is 12.2. The van der Waals surface area contributed by atoms with Crippen LogP contribution in [0.1, 0.15) is 6.92 Å². The van der Waals surface area contributed by atoms with Crippen LogP contribution in [0.25, 0.3) is 0 Å². The van der Waals surface area contributed by atoms with Gasteiger partial charge < -0.3 is 11.1 Å². The lowest BCUT2D eigenvalue weighted by Crippen LogP contribution is -2.39. The Hall–Kier alpha value is -0.710. The lowest BCUT2D eigenvalue weighted by atomic mass is 10.3. The van der Waals surface area contributed by atoms with Crippen molar-refractivity contribution in [2.24, 2.45) is 5.73 Å². The Morgan fingerprint density at radius 1 is 1.50 bits per heavy atom. The highest BCUT2D eigenvalue weighted by atomic mass is 35.5. The zero-order valence-electron chi connectivity index (χ0n) is 9.07. The van der Waals surface area contributed by atoms with Crippen LogP contribution in [0.2, 0.25) is 5.02 Å². The molecule has 5 heteroatoms. The van der Waals surface area contributed by atoms with E-state index in [1.54, 1.807) is 18.7 Å². The summed E-state index contributed by atoms with van der Waals surface area (Å²) in [6.45, 7) is 2.29. The van der Waals surface area contributed by atoms with E-state index in [0.29, 0.717) is 6.54 Å². The lowest BCUT2D eigenvalue weighted by molar-refractivity contribution is -0.121. The van der Waals surface area contributed by atoms with E-state index < -0.39 is 6.04 Å². The Morgan fingerprint density at radius 3 is 2.69 bits per heavy atom. The second-order valence-corrected chi connectivity index (χ2v) is 4.99. The number of nitrogens with two attached hydrogens (primary N) is 1. The van der Waals surface area contributed by atoms with Crippen LogP contribution in [0.15, 0.2) is 29.2 Å². The summed E-state index contributed by atoms with van der Waals surface area (Å²) in [6, 6.07) is 7.18. The van der Waals surface area contributed by atoms with Gasteiger partial charge in [0.05, 0.1) is 6.04 Å². The number of benzene rings is 1. The third kappa shape index (κ3) is 4.88. The van der Waals surface area contributed by atoms with Crippen molar-refractivity contribution in [3.05, 3.63) is 29.3 Å². The summed E-state index contributed by atoms with van der Waals surface area (Å²) in [5.74, 6) is 0.705. The molecule has 0 fully saturated rings. The third-order valence-corrected chi connectivity index (χ3v) is 3.16. The van der Waals surface area contributed by atoms with Crippen LogP contribution in [0.3, 0.4) is 0 Å². The molecule has 0 heterocycles. The number of rotatable bonds is 5. The van der Waals surface area contributed by atoms with E-state index >= 15 is 0 Å². The van der Waals surface area contributed by atoms with Gasteiger partial charge in [-0.1, -0.05) is 11.6 Å². The Morgan fingerprint density at radius 2 is 2.12 bits per heavy atom. The Bertz CT molecular complexity index is 340. The maximum atomic E-state index is 11.1. The van der Waals surface area contributed by atoms with Crippen molar-refractivity contribution in [3.8, 4) is 0 Å². The first-order valence-corrected chi connectivity index (χ1v) is 6.37. The van der Waals surface area contributed by atoms with Gasteiger partial charge in [0.1, 0.15) is 0 Å². The standard InChI is InChI=1S/C11H15ClN2OS/c1-8(13)11(15)14-6-7-16-10-4-2-9(12)3-5-10/h2-5,8H,6-7,13H2,1H3,(H,14,15)/t8-/m0/s1. The fourth-order valence-electron chi connectivity index (χ4n) is 1.03. The fourth-order valence-corrected chi connectivity index (χ4v) is 1.93. The Labute approximate surface area is 105 Å². The molecule has 1 aromatic rings. The van der Waals surface area contributed by atoms with Crippen molar-refractivity contribution in [3.63, 3.8) is 0 Å². The van der Waals surface area contributed by atoms with Gasteiger partial charge in [0.25, 0.3) is 0 Å². The highest BCUT2D eigenvalue weighted by molar-refractivity contribution is 7.99. The quantitative estimate of drug-likeness (QED) is 0.627. The Kier molecular flexibility index (Phi) is 5.66. The van der Waals surface area contributed by atoms with Crippen molar-refractivity contribution in [2.75, 3.05) is 12.3 Å². The molecule has 1 atom stereocenters. The number of carbonyl (C=O) groups excluding carboxylic acids is 1. The van der Waals surface area contributed by atoms with Gasteiger partial charge in [-0.2, -0.15) is 0 Å². The molecule has 0 saturated carbocycles. The van der Waals surface area contributed by atoms with Gasteiger partial charge in [-0.05, 0) is 31.2 Å². The average molecular weight is 259 g/mol. The van der Waals surface area contributed by atoms with Gasteiger partial charge in [0.2, 0.25) is 5.91 Å². The molecule has 0 bridgehead atoms. The fraction of sp³-hybridized carbons (Fsp3) is 0.364. The van der Waals surface area contributed by atoms with E-state index in [1.807, 2.05) is 24.3 Å². The molecule has 3 N–H and O–H groups in total. The highest BCUT2D eigenvalue weighted by Crippen LogP contribution is 2.19. The van der Waals surface area contributed by atoms with E-state index in [-0.39, 0.29) is 5.91 Å². The molecule has 0 aromatic heterocycles. The van der Waals surface area contributed by atoms with Crippen LogP contribution in [0.4, 0.5) is 0 Å². The summed E-state index contributed by atoms with van der Waals surface area (Å²) in [4.78, 5) is 12.3. The summed E-state index contributed by atoms with van der Waals surface area (Å²) in [7, 11) is 0. The number of carbonyl (C=O) groups is 1. The largest absolute Gasteiger partial charge is 0.354 e. The van der Waals surface area contributed by atoms with Gasteiger partial charge in [-0.3, -0.25) is 4.79 Å². The molecule has 0 aliphatic heterocycles. The minimum Gasteiger partial charge on any atom is -0.354 e. The van der Waals surface area contributed by atoms with Crippen LogP contribution in [-0.4, -0.2) is 24.2 Å². The Balaban J connectivity index is 2.21. The summed E-state index contributed by atoms with van der Waals surface area (Å²) < 4.78 is 0.